The molecule has 6 heteroatoms. The van der Waals surface area contributed by atoms with Gasteiger partial charge in [0.25, 0.3) is 0 Å². The Kier molecular flexibility index (Phi) is 6.69. The fourth-order valence-corrected chi connectivity index (χ4v) is 4.26. The first-order chi connectivity index (χ1) is 15.0. The first-order valence-corrected chi connectivity index (χ1v) is 11.1. The van der Waals surface area contributed by atoms with Crippen LogP contribution in [0.1, 0.15) is 25.5 Å². The number of nitrogens with zero attached hydrogens (tertiary/aromatic N) is 1. The summed E-state index contributed by atoms with van der Waals surface area (Å²) < 4.78 is 5.82. The van der Waals surface area contributed by atoms with Gasteiger partial charge in [0.2, 0.25) is 5.91 Å². The highest BCUT2D eigenvalue weighted by molar-refractivity contribution is 6.35. The van der Waals surface area contributed by atoms with Gasteiger partial charge in [0.1, 0.15) is 11.5 Å². The van der Waals surface area contributed by atoms with Crippen molar-refractivity contribution in [1.82, 2.24) is 0 Å². The first kappa shape index (κ1) is 21.5. The standard InChI is InChI=1S/C25H24Cl2N2O2/c1-17-10-12-29(13-11-17)23-5-3-2-4-22(23)28-25(30)9-7-21-6-8-24(31-21)18-14-19(26)16-20(27)15-18/h2-9,14-17H,10-13H2,1H3,(H,28,30)/b9-7+. The summed E-state index contributed by atoms with van der Waals surface area (Å²) >= 11 is 12.1. The third-order valence-corrected chi connectivity index (χ3v) is 5.90. The van der Waals surface area contributed by atoms with Crippen molar-refractivity contribution in [3.63, 3.8) is 0 Å². The highest BCUT2D eigenvalue weighted by Crippen LogP contribution is 2.30. The van der Waals surface area contributed by atoms with Crippen molar-refractivity contribution in [2.24, 2.45) is 5.92 Å². The smallest absolute Gasteiger partial charge is 0.248 e. The lowest BCUT2D eigenvalue weighted by atomic mass is 9.98. The Labute approximate surface area is 192 Å². The van der Waals surface area contributed by atoms with Crippen LogP contribution in [0.25, 0.3) is 17.4 Å². The van der Waals surface area contributed by atoms with Crippen LogP contribution in [-0.2, 0) is 4.79 Å². The van der Waals surface area contributed by atoms with E-state index in [1.807, 2.05) is 24.3 Å². The van der Waals surface area contributed by atoms with Crippen LogP contribution in [0.4, 0.5) is 11.4 Å². The molecule has 1 aliphatic heterocycles. The summed E-state index contributed by atoms with van der Waals surface area (Å²) in [6.07, 6.45) is 5.46. The fourth-order valence-electron chi connectivity index (χ4n) is 3.73. The third-order valence-electron chi connectivity index (χ3n) is 5.46. The number of amides is 1. The Morgan fingerprint density at radius 2 is 1.77 bits per heavy atom. The van der Waals surface area contributed by atoms with Crippen LogP contribution in [-0.4, -0.2) is 19.0 Å². The van der Waals surface area contributed by atoms with E-state index in [2.05, 4.69) is 23.2 Å². The van der Waals surface area contributed by atoms with E-state index in [9.17, 15) is 4.79 Å². The molecule has 0 unspecified atom stereocenters. The maximum absolute atomic E-state index is 12.5. The average molecular weight is 455 g/mol. The highest BCUT2D eigenvalue weighted by Gasteiger charge is 2.18. The molecule has 4 rings (SSSR count). The molecular weight excluding hydrogens is 431 g/mol. The molecule has 1 N–H and O–H groups in total. The van der Waals surface area contributed by atoms with Crippen LogP contribution in [0, 0.1) is 5.92 Å². The average Bonchev–Trinajstić information content (AvgIpc) is 3.22. The first-order valence-electron chi connectivity index (χ1n) is 10.4. The fraction of sp³-hybridized carbons (Fsp3) is 0.240. The predicted molar refractivity (Wildman–Crippen MR) is 129 cm³/mol. The zero-order valence-corrected chi connectivity index (χ0v) is 18.8. The van der Waals surface area contributed by atoms with Crippen LogP contribution in [0.2, 0.25) is 10.0 Å². The molecule has 0 spiro atoms. The predicted octanol–water partition coefficient (Wildman–Crippen LogP) is 7.14. The van der Waals surface area contributed by atoms with Crippen LogP contribution < -0.4 is 10.2 Å². The van der Waals surface area contributed by atoms with Crippen LogP contribution in [0.5, 0.6) is 0 Å². The molecule has 0 radical (unpaired) electrons. The van der Waals surface area contributed by atoms with Crippen molar-refractivity contribution in [3.8, 4) is 11.3 Å². The van der Waals surface area contributed by atoms with Gasteiger partial charge in [-0.25, -0.2) is 0 Å². The van der Waals surface area contributed by atoms with Gasteiger partial charge in [0.05, 0.1) is 11.4 Å². The number of hydrogen-bond donors (Lipinski definition) is 1. The normalized spacial score (nSPS) is 14.9. The van der Waals surface area contributed by atoms with Gasteiger partial charge in [-0.05, 0) is 67.3 Å². The summed E-state index contributed by atoms with van der Waals surface area (Å²) in [5.74, 6) is 1.75. The lowest BCUT2D eigenvalue weighted by molar-refractivity contribution is -0.111. The van der Waals surface area contributed by atoms with Gasteiger partial charge in [0.15, 0.2) is 0 Å². The van der Waals surface area contributed by atoms with Crippen molar-refractivity contribution in [2.45, 2.75) is 19.8 Å². The maximum Gasteiger partial charge on any atom is 0.248 e. The number of piperidine rings is 1. The lowest BCUT2D eigenvalue weighted by Crippen LogP contribution is -2.33. The number of para-hydroxylation sites is 2. The van der Waals surface area contributed by atoms with Crippen molar-refractivity contribution >= 4 is 46.6 Å². The van der Waals surface area contributed by atoms with Crippen LogP contribution in [0.3, 0.4) is 0 Å². The van der Waals surface area contributed by atoms with Gasteiger partial charge < -0.3 is 14.6 Å². The van der Waals surface area contributed by atoms with Crippen molar-refractivity contribution in [3.05, 3.63) is 76.5 Å². The van der Waals surface area contributed by atoms with E-state index in [1.165, 1.54) is 18.9 Å². The van der Waals surface area contributed by atoms with E-state index in [0.29, 0.717) is 21.6 Å². The zero-order valence-electron chi connectivity index (χ0n) is 17.3. The van der Waals surface area contributed by atoms with Gasteiger partial charge in [0, 0.05) is 34.8 Å². The van der Waals surface area contributed by atoms with Crippen molar-refractivity contribution < 1.29 is 9.21 Å². The molecular formula is C25H24Cl2N2O2. The second-order valence-electron chi connectivity index (χ2n) is 7.87. The molecule has 0 aliphatic carbocycles. The largest absolute Gasteiger partial charge is 0.457 e. The summed E-state index contributed by atoms with van der Waals surface area (Å²) in [6.45, 7) is 4.30. The Hall–Kier alpha value is -2.69. The number of carbonyl (C=O) groups excluding carboxylic acids is 1. The number of rotatable bonds is 5. The Balaban J connectivity index is 1.43. The number of carbonyl (C=O) groups is 1. The summed E-state index contributed by atoms with van der Waals surface area (Å²) in [5.41, 5.74) is 2.67. The third kappa shape index (κ3) is 5.52. The molecule has 1 aliphatic rings. The molecule has 0 atom stereocenters. The van der Waals surface area contributed by atoms with E-state index in [4.69, 9.17) is 27.6 Å². The number of hydrogen-bond acceptors (Lipinski definition) is 3. The Morgan fingerprint density at radius 3 is 2.52 bits per heavy atom. The van der Waals surface area contributed by atoms with Gasteiger partial charge in [-0.3, -0.25) is 4.79 Å². The molecule has 1 saturated heterocycles. The lowest BCUT2D eigenvalue weighted by Gasteiger charge is -2.33. The molecule has 1 amide bonds. The molecule has 1 aromatic heterocycles. The van der Waals surface area contributed by atoms with Gasteiger partial charge in [-0.15, -0.1) is 0 Å². The quantitative estimate of drug-likeness (QED) is 0.416. The summed E-state index contributed by atoms with van der Waals surface area (Å²) in [5, 5.41) is 4.08. The second-order valence-corrected chi connectivity index (χ2v) is 8.74. The zero-order chi connectivity index (χ0) is 21.8. The summed E-state index contributed by atoms with van der Waals surface area (Å²) in [6, 6.07) is 16.8. The minimum atomic E-state index is -0.207. The van der Waals surface area contributed by atoms with Gasteiger partial charge >= 0.3 is 0 Å². The molecule has 2 aromatic carbocycles. The number of halogens is 2. The topological polar surface area (TPSA) is 45.5 Å². The molecule has 3 aromatic rings. The van der Waals surface area contributed by atoms with Crippen molar-refractivity contribution in [1.29, 1.82) is 0 Å². The number of nitrogens with one attached hydrogen (secondary N) is 1. The molecule has 160 valence electrons. The SMILES string of the molecule is CC1CCN(c2ccccc2NC(=O)/C=C/c2ccc(-c3cc(Cl)cc(Cl)c3)o2)CC1. The van der Waals surface area contributed by atoms with Crippen LogP contribution >= 0.6 is 23.2 Å². The molecule has 2 heterocycles. The van der Waals surface area contributed by atoms with Crippen molar-refractivity contribution in [2.75, 3.05) is 23.3 Å². The molecule has 1 fully saturated rings. The van der Waals surface area contributed by atoms with E-state index >= 15 is 0 Å². The molecule has 0 saturated carbocycles. The summed E-state index contributed by atoms with van der Waals surface area (Å²) in [4.78, 5) is 14.9. The minimum absolute atomic E-state index is 0.207. The minimum Gasteiger partial charge on any atom is -0.457 e. The monoisotopic (exact) mass is 454 g/mol. The second kappa shape index (κ2) is 9.63. The van der Waals surface area contributed by atoms with Gasteiger partial charge in [-0.1, -0.05) is 42.3 Å². The number of furan rings is 1. The highest BCUT2D eigenvalue weighted by atomic mass is 35.5. The molecule has 31 heavy (non-hydrogen) atoms. The number of benzene rings is 2. The van der Waals surface area contributed by atoms with E-state index in [0.717, 1.165) is 35.9 Å². The maximum atomic E-state index is 12.5. The molecule has 4 nitrogen and oxygen atoms in total. The Morgan fingerprint density at radius 1 is 1.06 bits per heavy atom. The summed E-state index contributed by atoms with van der Waals surface area (Å²) in [7, 11) is 0. The van der Waals surface area contributed by atoms with Gasteiger partial charge in [-0.2, -0.15) is 0 Å². The van der Waals surface area contributed by atoms with E-state index < -0.39 is 0 Å². The van der Waals surface area contributed by atoms with E-state index in [1.54, 1.807) is 30.3 Å². The Bertz CT molecular complexity index is 1080. The number of anilines is 2. The van der Waals surface area contributed by atoms with Crippen LogP contribution in [0.15, 0.2) is 65.1 Å². The molecule has 0 bridgehead atoms. The van der Waals surface area contributed by atoms with E-state index in [-0.39, 0.29) is 5.91 Å².